The molecule has 0 aliphatic heterocycles. The Bertz CT molecular complexity index is 456. The highest BCUT2D eigenvalue weighted by Crippen LogP contribution is 2.42. The average Bonchev–Trinajstić information content (AvgIpc) is 2.38. The molecule has 0 aromatic carbocycles. The maximum Gasteiger partial charge on any atom is 0.200 e. The monoisotopic (exact) mass is 290 g/mol. The minimum absolute atomic E-state index is 0.478. The van der Waals surface area contributed by atoms with Crippen LogP contribution in [0.1, 0.15) is 52.8 Å². The molecule has 0 saturated carbocycles. The standard InChI is InChI=1S/C16H26N2OSi/c1-12(2)20(13(3)4,14(5)6)19-11-15-8-7-9-18-16(15)10-17/h7-9,12-14H,11H2,1-6H3. The summed E-state index contributed by atoms with van der Waals surface area (Å²) in [4.78, 5) is 4.11. The molecule has 3 nitrogen and oxygen atoms in total. The molecule has 0 atom stereocenters. The molecule has 20 heavy (non-hydrogen) atoms. The first-order valence-electron chi connectivity index (χ1n) is 7.34. The average molecular weight is 290 g/mol. The SMILES string of the molecule is CC(C)[Si](OCc1cccnc1C#N)(C(C)C)C(C)C. The molecule has 1 aromatic rings. The van der Waals surface area contributed by atoms with Crippen molar-refractivity contribution in [3.05, 3.63) is 29.6 Å². The first-order chi connectivity index (χ1) is 9.36. The lowest BCUT2D eigenvalue weighted by molar-refractivity contribution is 0.265. The minimum Gasteiger partial charge on any atom is -0.412 e. The predicted molar refractivity (Wildman–Crippen MR) is 84.8 cm³/mol. The molecular formula is C16H26N2OSi. The van der Waals surface area contributed by atoms with Gasteiger partial charge >= 0.3 is 0 Å². The highest BCUT2D eigenvalue weighted by molar-refractivity contribution is 6.77. The molecule has 0 aliphatic rings. The van der Waals surface area contributed by atoms with E-state index in [1.807, 2.05) is 12.1 Å². The van der Waals surface area contributed by atoms with Crippen LogP contribution in [0.4, 0.5) is 0 Å². The van der Waals surface area contributed by atoms with E-state index in [0.29, 0.717) is 28.9 Å². The van der Waals surface area contributed by atoms with Gasteiger partial charge in [0.1, 0.15) is 11.8 Å². The molecule has 4 heteroatoms. The second-order valence-corrected chi connectivity index (χ2v) is 11.7. The summed E-state index contributed by atoms with van der Waals surface area (Å²) in [6.45, 7) is 14.1. The molecule has 0 N–H and O–H groups in total. The lowest BCUT2D eigenvalue weighted by atomic mass is 10.2. The summed E-state index contributed by atoms with van der Waals surface area (Å²) in [5.74, 6) is 0. The number of pyridine rings is 1. The van der Waals surface area contributed by atoms with Crippen LogP contribution >= 0.6 is 0 Å². The zero-order valence-electron chi connectivity index (χ0n) is 13.5. The van der Waals surface area contributed by atoms with E-state index in [0.717, 1.165) is 5.56 Å². The number of nitrogens with zero attached hydrogens (tertiary/aromatic N) is 2. The van der Waals surface area contributed by atoms with Gasteiger partial charge in [-0.3, -0.25) is 0 Å². The summed E-state index contributed by atoms with van der Waals surface area (Å²) in [6.07, 6.45) is 1.65. The van der Waals surface area contributed by atoms with Crippen LogP contribution in [0, 0.1) is 11.3 Å². The van der Waals surface area contributed by atoms with Gasteiger partial charge in [0, 0.05) is 11.8 Å². The topological polar surface area (TPSA) is 45.9 Å². The highest BCUT2D eigenvalue weighted by Gasteiger charge is 2.45. The Morgan fingerprint density at radius 3 is 2.15 bits per heavy atom. The van der Waals surface area contributed by atoms with Crippen molar-refractivity contribution in [1.82, 2.24) is 4.98 Å². The molecule has 0 amide bonds. The molecule has 110 valence electrons. The Morgan fingerprint density at radius 1 is 1.15 bits per heavy atom. The van der Waals surface area contributed by atoms with Gasteiger partial charge < -0.3 is 4.43 Å². The summed E-state index contributed by atoms with van der Waals surface area (Å²) < 4.78 is 6.49. The van der Waals surface area contributed by atoms with E-state index in [1.54, 1.807) is 6.20 Å². The third kappa shape index (κ3) is 3.28. The fourth-order valence-corrected chi connectivity index (χ4v) is 8.76. The van der Waals surface area contributed by atoms with E-state index >= 15 is 0 Å². The number of nitriles is 1. The van der Waals surface area contributed by atoms with E-state index in [9.17, 15) is 0 Å². The van der Waals surface area contributed by atoms with Crippen LogP contribution in [-0.4, -0.2) is 13.3 Å². The number of hydrogen-bond acceptors (Lipinski definition) is 3. The summed E-state index contributed by atoms with van der Waals surface area (Å²) in [7, 11) is -1.88. The molecule has 0 fully saturated rings. The van der Waals surface area contributed by atoms with Crippen LogP contribution in [0.2, 0.25) is 16.6 Å². The van der Waals surface area contributed by atoms with Crippen molar-refractivity contribution in [2.24, 2.45) is 0 Å². The van der Waals surface area contributed by atoms with Crippen LogP contribution < -0.4 is 0 Å². The molecule has 1 aromatic heterocycles. The first kappa shape index (κ1) is 16.9. The zero-order valence-corrected chi connectivity index (χ0v) is 14.5. The van der Waals surface area contributed by atoms with E-state index < -0.39 is 8.32 Å². The third-order valence-corrected chi connectivity index (χ3v) is 10.2. The van der Waals surface area contributed by atoms with Crippen molar-refractivity contribution >= 4 is 8.32 Å². The molecule has 0 saturated heterocycles. The minimum atomic E-state index is -1.88. The van der Waals surface area contributed by atoms with Gasteiger partial charge in [-0.15, -0.1) is 0 Å². The van der Waals surface area contributed by atoms with E-state index in [-0.39, 0.29) is 0 Å². The highest BCUT2D eigenvalue weighted by atomic mass is 28.4. The first-order valence-corrected chi connectivity index (χ1v) is 9.48. The molecule has 0 bridgehead atoms. The van der Waals surface area contributed by atoms with Crippen molar-refractivity contribution in [3.8, 4) is 6.07 Å². The van der Waals surface area contributed by atoms with E-state index in [1.165, 1.54) is 0 Å². The summed E-state index contributed by atoms with van der Waals surface area (Å²) in [6, 6.07) is 5.94. The van der Waals surface area contributed by atoms with E-state index in [2.05, 4.69) is 52.6 Å². The lowest BCUT2D eigenvalue weighted by Gasteiger charge is -2.42. The maximum atomic E-state index is 9.12. The van der Waals surface area contributed by atoms with Crippen LogP contribution in [0.25, 0.3) is 0 Å². The Labute approximate surface area is 124 Å². The van der Waals surface area contributed by atoms with Gasteiger partial charge in [-0.1, -0.05) is 47.6 Å². The van der Waals surface area contributed by atoms with Crippen molar-refractivity contribution in [3.63, 3.8) is 0 Å². The smallest absolute Gasteiger partial charge is 0.200 e. The molecule has 0 radical (unpaired) electrons. The van der Waals surface area contributed by atoms with Gasteiger partial charge in [-0.2, -0.15) is 5.26 Å². The van der Waals surface area contributed by atoms with Crippen molar-refractivity contribution < 1.29 is 4.43 Å². The molecule has 1 rings (SSSR count). The molecule has 0 spiro atoms. The fourth-order valence-electron chi connectivity index (χ4n) is 3.36. The van der Waals surface area contributed by atoms with Gasteiger partial charge in [-0.05, 0) is 22.7 Å². The molecular weight excluding hydrogens is 264 g/mol. The Morgan fingerprint density at radius 2 is 1.70 bits per heavy atom. The van der Waals surface area contributed by atoms with Gasteiger partial charge in [0.05, 0.1) is 6.61 Å². The number of aromatic nitrogens is 1. The third-order valence-electron chi connectivity index (χ3n) is 4.18. The second-order valence-electron chi connectivity index (χ2n) is 6.23. The van der Waals surface area contributed by atoms with Crippen LogP contribution in [0.5, 0.6) is 0 Å². The zero-order chi connectivity index (χ0) is 15.3. The van der Waals surface area contributed by atoms with Gasteiger partial charge in [0.15, 0.2) is 0 Å². The summed E-state index contributed by atoms with van der Waals surface area (Å²) in [5, 5.41) is 9.12. The van der Waals surface area contributed by atoms with Gasteiger partial charge in [-0.25, -0.2) is 4.98 Å². The number of hydrogen-bond donors (Lipinski definition) is 0. The van der Waals surface area contributed by atoms with Gasteiger partial charge in [0.2, 0.25) is 8.32 Å². The molecule has 1 heterocycles. The Kier molecular flexibility index (Phi) is 5.91. The Hall–Kier alpha value is -1.18. The van der Waals surface area contributed by atoms with E-state index in [4.69, 9.17) is 9.69 Å². The van der Waals surface area contributed by atoms with Crippen molar-refractivity contribution in [2.45, 2.75) is 64.8 Å². The van der Waals surface area contributed by atoms with Crippen molar-refractivity contribution in [2.75, 3.05) is 0 Å². The van der Waals surface area contributed by atoms with Crippen molar-refractivity contribution in [1.29, 1.82) is 5.26 Å². The van der Waals surface area contributed by atoms with Crippen LogP contribution in [-0.2, 0) is 11.0 Å². The quantitative estimate of drug-likeness (QED) is 0.717. The Balaban J connectivity index is 3.01. The second kappa shape index (κ2) is 7.01. The lowest BCUT2D eigenvalue weighted by Crippen LogP contribution is -2.47. The normalized spacial score (nSPS) is 12.2. The maximum absolute atomic E-state index is 9.12. The van der Waals surface area contributed by atoms with Gasteiger partial charge in [0.25, 0.3) is 0 Å². The predicted octanol–water partition coefficient (Wildman–Crippen LogP) is 4.65. The summed E-state index contributed by atoms with van der Waals surface area (Å²) >= 11 is 0. The molecule has 0 unspecified atom stereocenters. The fraction of sp³-hybridized carbons (Fsp3) is 0.625. The molecule has 0 aliphatic carbocycles. The van der Waals surface area contributed by atoms with Crippen LogP contribution in [0.15, 0.2) is 18.3 Å². The summed E-state index contributed by atoms with van der Waals surface area (Å²) in [5.41, 5.74) is 3.01. The number of rotatable bonds is 6. The van der Waals surface area contributed by atoms with Crippen LogP contribution in [0.3, 0.4) is 0 Å². The largest absolute Gasteiger partial charge is 0.412 e.